The molecular formula is C21H24N4O2S. The fourth-order valence-electron chi connectivity index (χ4n) is 3.22. The van der Waals surface area contributed by atoms with E-state index in [4.69, 9.17) is 0 Å². The summed E-state index contributed by atoms with van der Waals surface area (Å²) in [5.74, 6) is 0.102. The highest BCUT2D eigenvalue weighted by Gasteiger charge is 2.27. The molecule has 0 atom stereocenters. The van der Waals surface area contributed by atoms with Gasteiger partial charge in [-0.15, -0.1) is 0 Å². The maximum absolute atomic E-state index is 13.1. The van der Waals surface area contributed by atoms with Gasteiger partial charge in [0.05, 0.1) is 12.1 Å². The molecular weight excluding hydrogens is 372 g/mol. The molecule has 6 nitrogen and oxygen atoms in total. The van der Waals surface area contributed by atoms with Crippen molar-refractivity contribution in [2.75, 3.05) is 32.7 Å². The highest BCUT2D eigenvalue weighted by atomic mass is 32.2. The predicted molar refractivity (Wildman–Crippen MR) is 108 cm³/mol. The largest absolute Gasteiger partial charge is 0.352 e. The van der Waals surface area contributed by atoms with Crippen LogP contribution in [0.4, 0.5) is 0 Å². The van der Waals surface area contributed by atoms with Crippen LogP contribution in [0.1, 0.15) is 23.2 Å². The Bertz CT molecular complexity index is 833. The van der Waals surface area contributed by atoms with Gasteiger partial charge in [0, 0.05) is 43.3 Å². The average Bonchev–Trinajstić information content (AvgIpc) is 3.53. The van der Waals surface area contributed by atoms with E-state index >= 15 is 0 Å². The van der Waals surface area contributed by atoms with Gasteiger partial charge in [0.1, 0.15) is 5.03 Å². The summed E-state index contributed by atoms with van der Waals surface area (Å²) in [7, 11) is 0. The molecule has 1 aromatic carbocycles. The molecule has 0 bridgehead atoms. The monoisotopic (exact) mass is 396 g/mol. The van der Waals surface area contributed by atoms with Crippen LogP contribution >= 0.6 is 11.8 Å². The molecule has 28 heavy (non-hydrogen) atoms. The van der Waals surface area contributed by atoms with Crippen molar-refractivity contribution in [1.82, 2.24) is 20.1 Å². The molecule has 1 aromatic heterocycles. The van der Waals surface area contributed by atoms with Crippen molar-refractivity contribution in [3.8, 4) is 0 Å². The molecule has 2 aliphatic rings. The lowest BCUT2D eigenvalue weighted by Gasteiger charge is -2.34. The second kappa shape index (κ2) is 8.75. The van der Waals surface area contributed by atoms with Gasteiger partial charge in [-0.25, -0.2) is 4.98 Å². The first-order chi connectivity index (χ1) is 13.7. The minimum Gasteiger partial charge on any atom is -0.352 e. The average molecular weight is 397 g/mol. The molecule has 0 spiro atoms. The van der Waals surface area contributed by atoms with E-state index in [9.17, 15) is 9.59 Å². The summed E-state index contributed by atoms with van der Waals surface area (Å²) in [6.07, 6.45) is 3.92. The standard InChI is InChI=1S/C21H24N4O2S/c26-19(23-16-8-9-16)15-24-11-13-25(14-12-24)21(27)18-7-4-10-22-20(18)28-17-5-2-1-3-6-17/h1-7,10,16H,8-9,11-15H2,(H,23,26). The highest BCUT2D eigenvalue weighted by molar-refractivity contribution is 7.99. The van der Waals surface area contributed by atoms with Crippen LogP contribution in [0.5, 0.6) is 0 Å². The van der Waals surface area contributed by atoms with Gasteiger partial charge in [0.2, 0.25) is 5.91 Å². The highest BCUT2D eigenvalue weighted by Crippen LogP contribution is 2.29. The first-order valence-corrected chi connectivity index (χ1v) is 10.5. The number of carbonyl (C=O) groups excluding carboxylic acids is 2. The summed E-state index contributed by atoms with van der Waals surface area (Å²) in [6.45, 7) is 3.09. The Balaban J connectivity index is 1.35. The van der Waals surface area contributed by atoms with Gasteiger partial charge in [0.25, 0.3) is 5.91 Å². The van der Waals surface area contributed by atoms with Gasteiger partial charge in [-0.1, -0.05) is 30.0 Å². The van der Waals surface area contributed by atoms with E-state index < -0.39 is 0 Å². The van der Waals surface area contributed by atoms with Crippen LogP contribution in [-0.4, -0.2) is 65.4 Å². The fourth-order valence-corrected chi connectivity index (χ4v) is 4.11. The molecule has 2 aromatic rings. The molecule has 4 rings (SSSR count). The van der Waals surface area contributed by atoms with Gasteiger partial charge < -0.3 is 10.2 Å². The normalized spacial score (nSPS) is 17.4. The van der Waals surface area contributed by atoms with E-state index in [1.807, 2.05) is 41.3 Å². The first-order valence-electron chi connectivity index (χ1n) is 9.68. The number of aromatic nitrogens is 1. The van der Waals surface area contributed by atoms with Crippen molar-refractivity contribution in [2.45, 2.75) is 28.8 Å². The minimum absolute atomic E-state index is 0.00798. The van der Waals surface area contributed by atoms with Crippen molar-refractivity contribution >= 4 is 23.6 Å². The Hall–Kier alpha value is -2.38. The zero-order valence-electron chi connectivity index (χ0n) is 15.7. The maximum atomic E-state index is 13.1. The van der Waals surface area contributed by atoms with Crippen LogP contribution in [0.2, 0.25) is 0 Å². The van der Waals surface area contributed by atoms with Crippen molar-refractivity contribution in [2.24, 2.45) is 0 Å². The molecule has 7 heteroatoms. The number of amides is 2. The number of piperazine rings is 1. The molecule has 1 saturated carbocycles. The van der Waals surface area contributed by atoms with E-state index in [0.717, 1.165) is 22.8 Å². The van der Waals surface area contributed by atoms with Crippen LogP contribution < -0.4 is 5.32 Å². The smallest absolute Gasteiger partial charge is 0.256 e. The van der Waals surface area contributed by atoms with E-state index in [-0.39, 0.29) is 11.8 Å². The van der Waals surface area contributed by atoms with Gasteiger partial charge in [0.15, 0.2) is 0 Å². The van der Waals surface area contributed by atoms with Gasteiger partial charge in [-0.05, 0) is 37.1 Å². The minimum atomic E-state index is 0.00798. The fraction of sp³-hybridized carbons (Fsp3) is 0.381. The maximum Gasteiger partial charge on any atom is 0.256 e. The Kier molecular flexibility index (Phi) is 5.92. The van der Waals surface area contributed by atoms with Crippen LogP contribution in [0.25, 0.3) is 0 Å². The Morgan fingerprint density at radius 2 is 1.79 bits per heavy atom. The summed E-state index contributed by atoms with van der Waals surface area (Å²) < 4.78 is 0. The summed E-state index contributed by atoms with van der Waals surface area (Å²) in [5.41, 5.74) is 0.635. The van der Waals surface area contributed by atoms with E-state index in [2.05, 4.69) is 15.2 Å². The number of benzene rings is 1. The lowest BCUT2D eigenvalue weighted by Crippen LogP contribution is -2.51. The van der Waals surface area contributed by atoms with Gasteiger partial charge >= 0.3 is 0 Å². The van der Waals surface area contributed by atoms with E-state index in [1.165, 1.54) is 11.8 Å². The van der Waals surface area contributed by atoms with E-state index in [1.54, 1.807) is 12.3 Å². The molecule has 2 heterocycles. The first kappa shape index (κ1) is 19.0. The number of hydrogen-bond acceptors (Lipinski definition) is 5. The molecule has 146 valence electrons. The Morgan fingerprint density at radius 3 is 2.50 bits per heavy atom. The Morgan fingerprint density at radius 1 is 1.04 bits per heavy atom. The molecule has 2 fully saturated rings. The third kappa shape index (κ3) is 4.91. The molecule has 1 aliphatic heterocycles. The SMILES string of the molecule is O=C(CN1CCN(C(=O)c2cccnc2Sc2ccccc2)CC1)NC1CC1. The molecule has 2 amide bonds. The van der Waals surface area contributed by atoms with Crippen LogP contribution in [0.3, 0.4) is 0 Å². The zero-order valence-corrected chi connectivity index (χ0v) is 16.5. The van der Waals surface area contributed by atoms with E-state index in [0.29, 0.717) is 44.3 Å². The lowest BCUT2D eigenvalue weighted by atomic mass is 10.2. The number of nitrogens with zero attached hydrogens (tertiary/aromatic N) is 3. The van der Waals surface area contributed by atoms with Crippen LogP contribution in [-0.2, 0) is 4.79 Å². The third-order valence-corrected chi connectivity index (χ3v) is 5.96. The zero-order chi connectivity index (χ0) is 19.3. The number of pyridine rings is 1. The van der Waals surface area contributed by atoms with Crippen molar-refractivity contribution in [3.05, 3.63) is 54.2 Å². The Labute approximate surface area is 169 Å². The number of hydrogen-bond donors (Lipinski definition) is 1. The van der Waals surface area contributed by atoms with Crippen LogP contribution in [0.15, 0.2) is 58.6 Å². The topological polar surface area (TPSA) is 65.5 Å². The molecule has 1 N–H and O–H groups in total. The summed E-state index contributed by atoms with van der Waals surface area (Å²) >= 11 is 1.51. The summed E-state index contributed by atoms with van der Waals surface area (Å²) in [6, 6.07) is 14.0. The third-order valence-electron chi connectivity index (χ3n) is 4.93. The summed E-state index contributed by atoms with van der Waals surface area (Å²) in [4.78, 5) is 34.5. The number of carbonyl (C=O) groups is 2. The van der Waals surface area contributed by atoms with Crippen LogP contribution in [0, 0.1) is 0 Å². The van der Waals surface area contributed by atoms with Crippen molar-refractivity contribution in [3.63, 3.8) is 0 Å². The quantitative estimate of drug-likeness (QED) is 0.812. The van der Waals surface area contributed by atoms with Crippen molar-refractivity contribution < 1.29 is 9.59 Å². The van der Waals surface area contributed by atoms with Gasteiger partial charge in [-0.3, -0.25) is 14.5 Å². The second-order valence-corrected chi connectivity index (χ2v) is 8.24. The molecule has 1 saturated heterocycles. The van der Waals surface area contributed by atoms with Gasteiger partial charge in [-0.2, -0.15) is 0 Å². The van der Waals surface area contributed by atoms with Crippen molar-refractivity contribution in [1.29, 1.82) is 0 Å². The lowest BCUT2D eigenvalue weighted by molar-refractivity contribution is -0.122. The number of nitrogens with one attached hydrogen (secondary N) is 1. The predicted octanol–water partition coefficient (Wildman–Crippen LogP) is 2.27. The molecule has 0 radical (unpaired) electrons. The second-order valence-electron chi connectivity index (χ2n) is 7.18. The molecule has 0 unspecified atom stereocenters. The summed E-state index contributed by atoms with van der Waals surface area (Å²) in [5, 5.41) is 3.75. The number of rotatable bonds is 6. The molecule has 1 aliphatic carbocycles.